The summed E-state index contributed by atoms with van der Waals surface area (Å²) in [5.74, 6) is 0.719. The van der Waals surface area contributed by atoms with Gasteiger partial charge in [-0.15, -0.1) is 0 Å². The maximum Gasteiger partial charge on any atom is 0.0763 e. The Hall–Kier alpha value is -0.120. The maximum atomic E-state index is 9.77. The molecule has 16 heavy (non-hydrogen) atoms. The highest BCUT2D eigenvalue weighted by Gasteiger charge is 2.25. The Labute approximate surface area is 99.4 Å². The van der Waals surface area contributed by atoms with Crippen molar-refractivity contribution < 1.29 is 9.84 Å². The standard InChI is InChI=1S/C13H27NO2/c1-3-11-6-4-5-7-12(11)16-9-8-13(2,15)10-14/h11-12,15H,3-10,14H2,1-2H3. The second-order valence-corrected chi connectivity index (χ2v) is 5.31. The monoisotopic (exact) mass is 229 g/mol. The predicted molar refractivity (Wildman–Crippen MR) is 66.3 cm³/mol. The molecule has 1 rings (SSSR count). The van der Waals surface area contributed by atoms with Crippen LogP contribution < -0.4 is 5.73 Å². The van der Waals surface area contributed by atoms with E-state index in [0.29, 0.717) is 25.7 Å². The number of ether oxygens (including phenoxy) is 1. The molecule has 1 saturated carbocycles. The van der Waals surface area contributed by atoms with Crippen molar-refractivity contribution in [1.82, 2.24) is 0 Å². The van der Waals surface area contributed by atoms with E-state index >= 15 is 0 Å². The van der Waals surface area contributed by atoms with Gasteiger partial charge in [-0.1, -0.05) is 26.2 Å². The third-order valence-corrected chi connectivity index (χ3v) is 3.78. The highest BCUT2D eigenvalue weighted by atomic mass is 16.5. The van der Waals surface area contributed by atoms with Crippen molar-refractivity contribution in [2.45, 2.75) is 64.1 Å². The van der Waals surface area contributed by atoms with Crippen LogP contribution in [0.3, 0.4) is 0 Å². The van der Waals surface area contributed by atoms with Crippen LogP contribution in [0, 0.1) is 5.92 Å². The summed E-state index contributed by atoms with van der Waals surface area (Å²) in [6, 6.07) is 0. The Bertz CT molecular complexity index is 194. The number of hydrogen-bond acceptors (Lipinski definition) is 3. The van der Waals surface area contributed by atoms with Crippen LogP contribution in [0.2, 0.25) is 0 Å². The van der Waals surface area contributed by atoms with E-state index in [-0.39, 0.29) is 0 Å². The molecule has 0 aromatic carbocycles. The van der Waals surface area contributed by atoms with Gasteiger partial charge in [0.25, 0.3) is 0 Å². The summed E-state index contributed by atoms with van der Waals surface area (Å²) >= 11 is 0. The average molecular weight is 229 g/mol. The molecule has 96 valence electrons. The van der Waals surface area contributed by atoms with Gasteiger partial charge in [0.15, 0.2) is 0 Å². The first-order chi connectivity index (χ1) is 7.59. The van der Waals surface area contributed by atoms with Gasteiger partial charge in [-0.3, -0.25) is 0 Å². The van der Waals surface area contributed by atoms with E-state index in [1.54, 1.807) is 6.92 Å². The molecule has 0 saturated heterocycles. The number of aliphatic hydroxyl groups is 1. The summed E-state index contributed by atoms with van der Waals surface area (Å²) < 4.78 is 5.91. The smallest absolute Gasteiger partial charge is 0.0763 e. The molecule has 3 heteroatoms. The fraction of sp³-hybridized carbons (Fsp3) is 1.00. The van der Waals surface area contributed by atoms with Crippen LogP contribution in [-0.4, -0.2) is 30.0 Å². The topological polar surface area (TPSA) is 55.5 Å². The van der Waals surface area contributed by atoms with Crippen LogP contribution in [0.4, 0.5) is 0 Å². The SMILES string of the molecule is CCC1CCCCC1OCCC(C)(O)CN. The maximum absolute atomic E-state index is 9.77. The predicted octanol–water partition coefficient (Wildman–Crippen LogP) is 2.07. The molecule has 3 unspecified atom stereocenters. The Morgan fingerprint density at radius 1 is 1.38 bits per heavy atom. The van der Waals surface area contributed by atoms with Crippen molar-refractivity contribution in [3.05, 3.63) is 0 Å². The Morgan fingerprint density at radius 2 is 2.06 bits per heavy atom. The zero-order chi connectivity index (χ0) is 12.0. The van der Waals surface area contributed by atoms with E-state index in [1.807, 2.05) is 0 Å². The molecule has 0 bridgehead atoms. The third-order valence-electron chi connectivity index (χ3n) is 3.78. The lowest BCUT2D eigenvalue weighted by atomic mass is 9.85. The van der Waals surface area contributed by atoms with Gasteiger partial charge in [0.2, 0.25) is 0 Å². The minimum atomic E-state index is -0.767. The van der Waals surface area contributed by atoms with Crippen LogP contribution in [0.1, 0.15) is 52.4 Å². The quantitative estimate of drug-likeness (QED) is 0.733. The van der Waals surface area contributed by atoms with Crippen LogP contribution in [-0.2, 0) is 4.74 Å². The van der Waals surface area contributed by atoms with Crippen LogP contribution in [0.15, 0.2) is 0 Å². The summed E-state index contributed by atoms with van der Waals surface area (Å²) in [5, 5.41) is 9.77. The molecular weight excluding hydrogens is 202 g/mol. The van der Waals surface area contributed by atoms with Gasteiger partial charge >= 0.3 is 0 Å². The molecule has 1 fully saturated rings. The minimum absolute atomic E-state index is 0.304. The lowest BCUT2D eigenvalue weighted by Gasteiger charge is -2.31. The third kappa shape index (κ3) is 4.40. The molecule has 0 spiro atoms. The second kappa shape index (κ2) is 6.58. The van der Waals surface area contributed by atoms with Gasteiger partial charge in [0, 0.05) is 19.6 Å². The summed E-state index contributed by atoms with van der Waals surface area (Å²) in [7, 11) is 0. The minimum Gasteiger partial charge on any atom is -0.389 e. The van der Waals surface area contributed by atoms with Gasteiger partial charge in [0.1, 0.15) is 0 Å². The second-order valence-electron chi connectivity index (χ2n) is 5.31. The molecule has 0 heterocycles. The van der Waals surface area contributed by atoms with Crippen LogP contribution in [0.5, 0.6) is 0 Å². The number of hydrogen-bond donors (Lipinski definition) is 2. The van der Waals surface area contributed by atoms with Crippen molar-refractivity contribution in [2.75, 3.05) is 13.2 Å². The molecular formula is C13H27NO2. The Morgan fingerprint density at radius 3 is 2.69 bits per heavy atom. The lowest BCUT2D eigenvalue weighted by Crippen LogP contribution is -2.36. The van der Waals surface area contributed by atoms with Crippen molar-refractivity contribution >= 4 is 0 Å². The molecule has 3 atom stereocenters. The first-order valence-corrected chi connectivity index (χ1v) is 6.63. The largest absolute Gasteiger partial charge is 0.389 e. The molecule has 0 amide bonds. The fourth-order valence-electron chi connectivity index (χ4n) is 2.39. The molecule has 1 aliphatic carbocycles. The Balaban J connectivity index is 2.25. The zero-order valence-electron chi connectivity index (χ0n) is 10.7. The first-order valence-electron chi connectivity index (χ1n) is 6.63. The van der Waals surface area contributed by atoms with Crippen molar-refractivity contribution in [3.8, 4) is 0 Å². The zero-order valence-corrected chi connectivity index (χ0v) is 10.7. The van der Waals surface area contributed by atoms with E-state index in [0.717, 1.165) is 5.92 Å². The van der Waals surface area contributed by atoms with E-state index in [9.17, 15) is 5.11 Å². The molecule has 0 aliphatic heterocycles. The Kier molecular flexibility index (Phi) is 5.73. The van der Waals surface area contributed by atoms with Crippen LogP contribution in [0.25, 0.3) is 0 Å². The molecule has 3 N–H and O–H groups in total. The lowest BCUT2D eigenvalue weighted by molar-refractivity contribution is -0.0412. The van der Waals surface area contributed by atoms with E-state index in [4.69, 9.17) is 10.5 Å². The van der Waals surface area contributed by atoms with E-state index < -0.39 is 5.60 Å². The van der Waals surface area contributed by atoms with Crippen molar-refractivity contribution in [2.24, 2.45) is 11.7 Å². The molecule has 1 aliphatic rings. The molecule has 0 radical (unpaired) electrons. The molecule has 0 aromatic rings. The normalized spacial score (nSPS) is 30.0. The summed E-state index contributed by atoms with van der Waals surface area (Å²) in [4.78, 5) is 0. The first kappa shape index (κ1) is 13.9. The van der Waals surface area contributed by atoms with E-state index in [1.165, 1.54) is 32.1 Å². The van der Waals surface area contributed by atoms with Gasteiger partial charge < -0.3 is 15.6 Å². The summed E-state index contributed by atoms with van der Waals surface area (Å²) in [6.45, 7) is 4.94. The summed E-state index contributed by atoms with van der Waals surface area (Å²) in [5.41, 5.74) is 4.71. The van der Waals surface area contributed by atoms with E-state index in [2.05, 4.69) is 6.92 Å². The van der Waals surface area contributed by atoms with Gasteiger partial charge in [-0.25, -0.2) is 0 Å². The highest BCUT2D eigenvalue weighted by molar-refractivity contribution is 4.77. The average Bonchev–Trinajstić information content (AvgIpc) is 2.29. The number of rotatable bonds is 6. The van der Waals surface area contributed by atoms with Gasteiger partial charge in [0.05, 0.1) is 11.7 Å². The number of nitrogens with two attached hydrogens (primary N) is 1. The molecule has 3 nitrogen and oxygen atoms in total. The van der Waals surface area contributed by atoms with Gasteiger partial charge in [-0.05, 0) is 25.7 Å². The summed E-state index contributed by atoms with van der Waals surface area (Å²) in [6.07, 6.45) is 7.37. The fourth-order valence-corrected chi connectivity index (χ4v) is 2.39. The van der Waals surface area contributed by atoms with Crippen molar-refractivity contribution in [3.63, 3.8) is 0 Å². The highest BCUT2D eigenvalue weighted by Crippen LogP contribution is 2.29. The van der Waals surface area contributed by atoms with Crippen LogP contribution >= 0.6 is 0 Å². The molecule has 0 aromatic heterocycles. The van der Waals surface area contributed by atoms with Gasteiger partial charge in [-0.2, -0.15) is 0 Å². The van der Waals surface area contributed by atoms with Crippen molar-refractivity contribution in [1.29, 1.82) is 0 Å².